The van der Waals surface area contributed by atoms with Crippen molar-refractivity contribution in [1.29, 1.82) is 0 Å². The maximum Gasteiger partial charge on any atom is 0.287 e. The van der Waals surface area contributed by atoms with Crippen molar-refractivity contribution in [3.05, 3.63) is 123 Å². The average molecular weight is 527 g/mol. The van der Waals surface area contributed by atoms with E-state index in [1.165, 1.54) is 35.2 Å². The number of carbonyl (C=O) groups is 2. The molecule has 4 aromatic rings. The lowest BCUT2D eigenvalue weighted by Gasteiger charge is -2.12. The zero-order chi connectivity index (χ0) is 27.9. The van der Waals surface area contributed by atoms with Gasteiger partial charge in [0.05, 0.1) is 17.5 Å². The van der Waals surface area contributed by atoms with Crippen LogP contribution in [0.4, 0.5) is 10.1 Å². The third kappa shape index (κ3) is 6.55. The fraction of sp³-hybridized carbons (Fsp3) is 0.103. The largest absolute Gasteiger partial charge is 0.378 e. The summed E-state index contributed by atoms with van der Waals surface area (Å²) in [6.07, 6.45) is 2.72. The highest BCUT2D eigenvalue weighted by molar-refractivity contribution is 6.05. The molecule has 0 spiro atoms. The number of para-hydroxylation sites is 1. The van der Waals surface area contributed by atoms with Crippen molar-refractivity contribution in [3.63, 3.8) is 0 Å². The van der Waals surface area contributed by atoms with Crippen LogP contribution in [0.2, 0.25) is 0 Å². The van der Waals surface area contributed by atoms with Gasteiger partial charge >= 0.3 is 0 Å². The summed E-state index contributed by atoms with van der Waals surface area (Å²) in [7, 11) is 3.81. The van der Waals surface area contributed by atoms with Crippen molar-refractivity contribution < 1.29 is 14.0 Å². The Balaban J connectivity index is 1.58. The first-order valence-corrected chi connectivity index (χ1v) is 12.0. The summed E-state index contributed by atoms with van der Waals surface area (Å²) in [6, 6.07) is 21.5. The molecule has 0 saturated heterocycles. The molecule has 0 fully saturated rings. The Bertz CT molecular complexity index is 1600. The molecular formula is C29H27FN6O3. The summed E-state index contributed by atoms with van der Waals surface area (Å²) in [4.78, 5) is 40.6. The van der Waals surface area contributed by atoms with Gasteiger partial charge in [-0.05, 0) is 61.0 Å². The van der Waals surface area contributed by atoms with Crippen LogP contribution < -0.4 is 21.2 Å². The zero-order valence-corrected chi connectivity index (χ0v) is 21.6. The quantitative estimate of drug-likeness (QED) is 0.185. The molecule has 198 valence electrons. The molecule has 0 atom stereocenters. The summed E-state index contributed by atoms with van der Waals surface area (Å²) < 4.78 is 15.0. The lowest BCUT2D eigenvalue weighted by atomic mass is 10.1. The average Bonchev–Trinajstić information content (AvgIpc) is 3.21. The highest BCUT2D eigenvalue weighted by atomic mass is 19.1. The van der Waals surface area contributed by atoms with Gasteiger partial charge in [0.25, 0.3) is 17.4 Å². The van der Waals surface area contributed by atoms with E-state index in [1.54, 1.807) is 31.2 Å². The van der Waals surface area contributed by atoms with Gasteiger partial charge in [0.1, 0.15) is 11.5 Å². The van der Waals surface area contributed by atoms with Crippen molar-refractivity contribution in [2.75, 3.05) is 19.0 Å². The molecule has 0 aliphatic carbocycles. The number of hydrazone groups is 1. The molecule has 0 unspecified atom stereocenters. The number of hydrogen-bond acceptors (Lipinski definition) is 5. The van der Waals surface area contributed by atoms with Crippen LogP contribution in [0.1, 0.15) is 27.2 Å². The molecular weight excluding hydrogens is 499 g/mol. The Morgan fingerprint density at radius 1 is 1.00 bits per heavy atom. The first-order valence-electron chi connectivity index (χ1n) is 12.0. The van der Waals surface area contributed by atoms with E-state index in [2.05, 4.69) is 20.9 Å². The lowest BCUT2D eigenvalue weighted by Crippen LogP contribution is -2.33. The van der Waals surface area contributed by atoms with Gasteiger partial charge in [-0.15, -0.1) is 0 Å². The number of rotatable bonds is 8. The number of carbonyl (C=O) groups excluding carboxylic acids is 2. The number of anilines is 1. The van der Waals surface area contributed by atoms with Crippen LogP contribution in [0.3, 0.4) is 0 Å². The van der Waals surface area contributed by atoms with Crippen LogP contribution in [0.15, 0.2) is 94.5 Å². The summed E-state index contributed by atoms with van der Waals surface area (Å²) in [5.41, 5.74) is 5.00. The van der Waals surface area contributed by atoms with E-state index in [4.69, 9.17) is 0 Å². The minimum Gasteiger partial charge on any atom is -0.378 e. The summed E-state index contributed by atoms with van der Waals surface area (Å²) in [5.74, 6) is -1.98. The Kier molecular flexibility index (Phi) is 8.15. The van der Waals surface area contributed by atoms with Gasteiger partial charge in [0.15, 0.2) is 0 Å². The maximum absolute atomic E-state index is 13.6. The number of nitrogens with zero attached hydrogens (tertiary/aromatic N) is 3. The third-order valence-corrected chi connectivity index (χ3v) is 5.79. The van der Waals surface area contributed by atoms with Gasteiger partial charge in [-0.2, -0.15) is 5.10 Å². The number of aromatic amines is 1. The van der Waals surface area contributed by atoms with Gasteiger partial charge in [-0.3, -0.25) is 19.5 Å². The van der Waals surface area contributed by atoms with Crippen molar-refractivity contribution in [2.45, 2.75) is 6.92 Å². The van der Waals surface area contributed by atoms with Crippen LogP contribution >= 0.6 is 0 Å². The molecule has 10 heteroatoms. The van der Waals surface area contributed by atoms with Crippen LogP contribution in [-0.4, -0.2) is 41.9 Å². The first kappa shape index (κ1) is 26.8. The van der Waals surface area contributed by atoms with Gasteiger partial charge in [0.2, 0.25) is 0 Å². The number of benzene rings is 3. The van der Waals surface area contributed by atoms with Crippen LogP contribution in [0, 0.1) is 12.7 Å². The molecule has 1 heterocycles. The second-order valence-electron chi connectivity index (χ2n) is 8.83. The molecule has 0 bridgehead atoms. The Morgan fingerprint density at radius 3 is 2.38 bits per heavy atom. The number of halogens is 1. The maximum atomic E-state index is 13.6. The van der Waals surface area contributed by atoms with Crippen LogP contribution in [-0.2, 0) is 4.79 Å². The smallest absolute Gasteiger partial charge is 0.287 e. The molecule has 0 saturated carbocycles. The molecule has 9 nitrogen and oxygen atoms in total. The topological polar surface area (TPSA) is 112 Å². The normalized spacial score (nSPS) is 11.4. The van der Waals surface area contributed by atoms with Crippen LogP contribution in [0.5, 0.6) is 0 Å². The summed E-state index contributed by atoms with van der Waals surface area (Å²) in [6.45, 7) is 1.71. The molecule has 2 amide bonds. The molecule has 3 N–H and O–H groups in total. The number of nitrogens with one attached hydrogen (secondary N) is 3. The fourth-order valence-electron chi connectivity index (χ4n) is 3.70. The number of hydrogen-bond donors (Lipinski definition) is 3. The number of amides is 2. The predicted molar refractivity (Wildman–Crippen MR) is 149 cm³/mol. The van der Waals surface area contributed by atoms with E-state index in [1.807, 2.05) is 49.3 Å². The highest BCUT2D eigenvalue weighted by Gasteiger charge is 2.16. The molecule has 1 aromatic heterocycles. The highest BCUT2D eigenvalue weighted by Crippen LogP contribution is 2.15. The van der Waals surface area contributed by atoms with E-state index in [-0.39, 0.29) is 22.4 Å². The van der Waals surface area contributed by atoms with E-state index in [0.717, 1.165) is 11.8 Å². The third-order valence-electron chi connectivity index (χ3n) is 5.79. The minimum absolute atomic E-state index is 0.0459. The minimum atomic E-state index is -0.732. The van der Waals surface area contributed by atoms with E-state index in [0.29, 0.717) is 16.9 Å². The fourth-order valence-corrected chi connectivity index (χ4v) is 3.70. The van der Waals surface area contributed by atoms with Crippen molar-refractivity contribution in [3.8, 4) is 5.69 Å². The second kappa shape index (κ2) is 11.9. The van der Waals surface area contributed by atoms with Gasteiger partial charge < -0.3 is 10.2 Å². The van der Waals surface area contributed by atoms with Crippen molar-refractivity contribution in [2.24, 2.45) is 5.10 Å². The van der Waals surface area contributed by atoms with E-state index < -0.39 is 17.6 Å². The molecule has 39 heavy (non-hydrogen) atoms. The number of aromatic nitrogens is 2. The Morgan fingerprint density at radius 2 is 1.72 bits per heavy atom. The summed E-state index contributed by atoms with van der Waals surface area (Å²) >= 11 is 0. The lowest BCUT2D eigenvalue weighted by molar-refractivity contribution is -0.117. The van der Waals surface area contributed by atoms with Gasteiger partial charge in [-0.1, -0.05) is 36.4 Å². The van der Waals surface area contributed by atoms with Crippen LogP contribution in [0.25, 0.3) is 11.8 Å². The number of H-pyrrole nitrogens is 1. The van der Waals surface area contributed by atoms with E-state index in [9.17, 15) is 18.8 Å². The Labute approximate surface area is 224 Å². The number of aryl methyl sites for hydroxylation is 1. The predicted octanol–water partition coefficient (Wildman–Crippen LogP) is 3.60. The second-order valence-corrected chi connectivity index (χ2v) is 8.83. The molecule has 0 aliphatic heterocycles. The molecule has 4 rings (SSSR count). The van der Waals surface area contributed by atoms with E-state index >= 15 is 0 Å². The molecule has 0 aliphatic rings. The standard InChI is InChI=1S/C29H27FN6O3/c1-19-25(29(39)36(34-19)24-10-5-4-6-11-24)18-31-33-28(38)26(16-20-12-14-23(15-13-20)35(2)3)32-27(37)21-8-7-9-22(30)17-21/h4-18,34H,1-3H3,(H,32,37)(H,33,38)/b26-16-,31-18-. The van der Waals surface area contributed by atoms with Crippen molar-refractivity contribution >= 4 is 29.8 Å². The molecule has 0 radical (unpaired) electrons. The van der Waals surface area contributed by atoms with Gasteiger partial charge in [-0.25, -0.2) is 14.5 Å². The van der Waals surface area contributed by atoms with Gasteiger partial charge in [0, 0.05) is 31.0 Å². The zero-order valence-electron chi connectivity index (χ0n) is 21.6. The summed E-state index contributed by atoms with van der Waals surface area (Å²) in [5, 5.41) is 9.46. The monoisotopic (exact) mass is 526 g/mol. The first-order chi connectivity index (χ1) is 18.7. The molecule has 3 aromatic carbocycles. The Hall–Kier alpha value is -5.25. The van der Waals surface area contributed by atoms with Crippen molar-refractivity contribution in [1.82, 2.24) is 20.5 Å². The SMILES string of the molecule is Cc1[nH]n(-c2ccccc2)c(=O)c1/C=N\NC(=O)/C(=C/c1ccc(N(C)C)cc1)NC(=O)c1cccc(F)c1.